The number of hydrogen-bond donors (Lipinski definition) is 2. The van der Waals surface area contributed by atoms with Gasteiger partial charge in [0.05, 0.1) is 11.5 Å². The van der Waals surface area contributed by atoms with Crippen molar-refractivity contribution in [2.75, 3.05) is 0 Å². The van der Waals surface area contributed by atoms with Crippen LogP contribution in [0.15, 0.2) is 72.8 Å². The van der Waals surface area contributed by atoms with Crippen LogP contribution in [0.3, 0.4) is 0 Å². The van der Waals surface area contributed by atoms with Crippen molar-refractivity contribution in [3.8, 4) is 16.9 Å². The normalized spacial score (nSPS) is 18.1. The van der Waals surface area contributed by atoms with Gasteiger partial charge in [0.2, 0.25) is 0 Å². The fourth-order valence-electron chi connectivity index (χ4n) is 4.31. The number of alkyl halides is 3. The summed E-state index contributed by atoms with van der Waals surface area (Å²) in [6.07, 6.45) is -2.29. The minimum atomic E-state index is -4.47. The van der Waals surface area contributed by atoms with Crippen molar-refractivity contribution < 1.29 is 27.8 Å². The van der Waals surface area contributed by atoms with Crippen LogP contribution >= 0.6 is 0 Å². The lowest BCUT2D eigenvalue weighted by Crippen LogP contribution is -2.26. The van der Waals surface area contributed by atoms with Gasteiger partial charge < -0.3 is 15.2 Å². The second-order valence-corrected chi connectivity index (χ2v) is 8.60. The van der Waals surface area contributed by atoms with Crippen LogP contribution in [0.4, 0.5) is 13.2 Å². The third kappa shape index (κ3) is 5.97. The van der Waals surface area contributed by atoms with Gasteiger partial charge in [-0.2, -0.15) is 13.2 Å². The van der Waals surface area contributed by atoms with E-state index < -0.39 is 17.7 Å². The third-order valence-corrected chi connectivity index (χ3v) is 6.18. The Bertz CT molecular complexity index is 1110. The van der Waals surface area contributed by atoms with E-state index >= 15 is 0 Å². The summed E-state index contributed by atoms with van der Waals surface area (Å²) < 4.78 is 46.8. The quantitative estimate of drug-likeness (QED) is 0.407. The highest BCUT2D eigenvalue weighted by Gasteiger charge is 2.34. The highest BCUT2D eigenvalue weighted by molar-refractivity contribution is 5.70. The smallest absolute Gasteiger partial charge is 0.417 e. The van der Waals surface area contributed by atoms with Gasteiger partial charge in [-0.25, -0.2) is 0 Å². The average Bonchev–Trinajstić information content (AvgIpc) is 3.31. The Morgan fingerprint density at radius 2 is 1.68 bits per heavy atom. The molecule has 2 unspecified atom stereocenters. The summed E-state index contributed by atoms with van der Waals surface area (Å²) in [5, 5.41) is 12.5. The molecule has 178 valence electrons. The van der Waals surface area contributed by atoms with Gasteiger partial charge in [-0.15, -0.1) is 0 Å². The topological polar surface area (TPSA) is 58.6 Å². The van der Waals surface area contributed by atoms with E-state index in [-0.39, 0.29) is 24.1 Å². The molecule has 34 heavy (non-hydrogen) atoms. The molecule has 0 bridgehead atoms. The van der Waals surface area contributed by atoms with E-state index in [2.05, 4.69) is 5.32 Å². The van der Waals surface area contributed by atoms with E-state index in [9.17, 15) is 18.0 Å². The molecule has 4 rings (SSSR count). The van der Waals surface area contributed by atoms with Gasteiger partial charge in [0, 0.05) is 12.6 Å². The van der Waals surface area contributed by atoms with Crippen molar-refractivity contribution in [2.24, 2.45) is 5.92 Å². The van der Waals surface area contributed by atoms with E-state index in [1.54, 1.807) is 48.5 Å². The van der Waals surface area contributed by atoms with Crippen molar-refractivity contribution in [3.05, 3.63) is 89.5 Å². The molecule has 0 amide bonds. The van der Waals surface area contributed by atoms with Gasteiger partial charge in [-0.1, -0.05) is 54.6 Å². The number of carboxylic acid groups (broad SMARTS) is 1. The molecular formula is C27H26F3NO3. The lowest BCUT2D eigenvalue weighted by Gasteiger charge is -2.15. The highest BCUT2D eigenvalue weighted by Crippen LogP contribution is 2.37. The lowest BCUT2D eigenvalue weighted by molar-refractivity contribution is -0.141. The summed E-state index contributed by atoms with van der Waals surface area (Å²) in [6.45, 7) is 0.640. The van der Waals surface area contributed by atoms with Gasteiger partial charge in [-0.05, 0) is 59.7 Å². The Kier molecular flexibility index (Phi) is 7.22. The fourth-order valence-corrected chi connectivity index (χ4v) is 4.31. The number of aliphatic carboxylic acids is 1. The molecule has 7 heteroatoms. The molecule has 1 fully saturated rings. The van der Waals surface area contributed by atoms with Crippen molar-refractivity contribution in [1.29, 1.82) is 0 Å². The molecule has 1 saturated carbocycles. The maximum Gasteiger partial charge on any atom is 0.417 e. The van der Waals surface area contributed by atoms with Crippen LogP contribution in [0, 0.1) is 5.92 Å². The first kappa shape index (κ1) is 23.8. The molecule has 2 N–H and O–H groups in total. The van der Waals surface area contributed by atoms with Gasteiger partial charge in [0.15, 0.2) is 0 Å². The predicted octanol–water partition coefficient (Wildman–Crippen LogP) is 6.29. The molecule has 0 radical (unpaired) electrons. The largest absolute Gasteiger partial charge is 0.489 e. The van der Waals surface area contributed by atoms with Gasteiger partial charge in [0.25, 0.3) is 0 Å². The lowest BCUT2D eigenvalue weighted by atomic mass is 9.97. The molecule has 0 spiro atoms. The summed E-state index contributed by atoms with van der Waals surface area (Å²) in [4.78, 5) is 11.1. The first-order chi connectivity index (χ1) is 16.3. The van der Waals surface area contributed by atoms with Crippen LogP contribution in [0.1, 0.15) is 36.0 Å². The third-order valence-electron chi connectivity index (χ3n) is 6.18. The number of halogens is 3. The number of benzene rings is 3. The van der Waals surface area contributed by atoms with Crippen LogP contribution < -0.4 is 10.1 Å². The Morgan fingerprint density at radius 3 is 2.32 bits per heavy atom. The van der Waals surface area contributed by atoms with Crippen LogP contribution in [0.5, 0.6) is 5.75 Å². The fraction of sp³-hybridized carbons (Fsp3) is 0.296. The van der Waals surface area contributed by atoms with Gasteiger partial charge in [-0.3, -0.25) is 4.79 Å². The van der Waals surface area contributed by atoms with Crippen molar-refractivity contribution in [2.45, 2.75) is 44.6 Å². The molecule has 1 aliphatic carbocycles. The van der Waals surface area contributed by atoms with Crippen LogP contribution in [-0.2, 0) is 24.1 Å². The molecule has 1 aliphatic rings. The zero-order chi connectivity index (χ0) is 24.1. The highest BCUT2D eigenvalue weighted by atomic mass is 19.4. The minimum Gasteiger partial charge on any atom is -0.489 e. The van der Waals surface area contributed by atoms with Crippen LogP contribution in [-0.4, -0.2) is 17.1 Å². The van der Waals surface area contributed by atoms with Crippen molar-refractivity contribution >= 4 is 5.97 Å². The van der Waals surface area contributed by atoms with Crippen LogP contribution in [0.2, 0.25) is 0 Å². The number of ether oxygens (including phenoxy) is 1. The average molecular weight is 470 g/mol. The molecular weight excluding hydrogens is 443 g/mol. The maximum absolute atomic E-state index is 13.7. The predicted molar refractivity (Wildman–Crippen MR) is 123 cm³/mol. The Labute approximate surface area is 196 Å². The Morgan fingerprint density at radius 1 is 0.971 bits per heavy atom. The summed E-state index contributed by atoms with van der Waals surface area (Å²) in [6, 6.07) is 20.4. The first-order valence-corrected chi connectivity index (χ1v) is 11.2. The molecule has 0 saturated heterocycles. The van der Waals surface area contributed by atoms with E-state index in [1.807, 2.05) is 12.1 Å². The molecule has 3 aromatic rings. The van der Waals surface area contributed by atoms with Crippen molar-refractivity contribution in [3.63, 3.8) is 0 Å². The van der Waals surface area contributed by atoms with E-state index in [0.717, 1.165) is 18.1 Å². The number of nitrogens with one attached hydrogen (secondary N) is 1. The number of carbonyl (C=O) groups is 1. The number of rotatable bonds is 8. The Hall–Kier alpha value is -3.32. The summed E-state index contributed by atoms with van der Waals surface area (Å²) >= 11 is 0. The Balaban J connectivity index is 1.35. The van der Waals surface area contributed by atoms with E-state index in [1.165, 1.54) is 6.07 Å². The van der Waals surface area contributed by atoms with E-state index in [0.29, 0.717) is 36.3 Å². The second kappa shape index (κ2) is 10.3. The molecule has 3 aromatic carbocycles. The van der Waals surface area contributed by atoms with Crippen LogP contribution in [0.25, 0.3) is 11.1 Å². The second-order valence-electron chi connectivity index (χ2n) is 8.60. The van der Waals surface area contributed by atoms with Crippen molar-refractivity contribution in [1.82, 2.24) is 5.32 Å². The monoisotopic (exact) mass is 469 g/mol. The maximum atomic E-state index is 13.7. The summed E-state index contributed by atoms with van der Waals surface area (Å²) in [5.74, 6) is -0.438. The number of carboxylic acids is 1. The standard InChI is InChI=1S/C27H26F3NO3/c28-27(29,30)25-14-19(8-13-24(25)20-4-2-1-3-5-20)17-34-23-11-6-18(7-12-23)16-31-22-10-9-21(15-22)26(32)33/h1-8,11-14,21-22,31H,9-10,15-17H2,(H,32,33). The zero-order valence-corrected chi connectivity index (χ0v) is 18.5. The summed E-state index contributed by atoms with van der Waals surface area (Å²) in [5.41, 5.74) is 1.44. The zero-order valence-electron chi connectivity index (χ0n) is 18.5. The van der Waals surface area contributed by atoms with Gasteiger partial charge in [0.1, 0.15) is 12.4 Å². The van der Waals surface area contributed by atoms with E-state index in [4.69, 9.17) is 9.84 Å². The summed E-state index contributed by atoms with van der Waals surface area (Å²) in [7, 11) is 0. The molecule has 4 nitrogen and oxygen atoms in total. The van der Waals surface area contributed by atoms with Gasteiger partial charge >= 0.3 is 12.1 Å². The molecule has 0 aliphatic heterocycles. The number of hydrogen-bond acceptors (Lipinski definition) is 3. The molecule has 2 atom stereocenters. The minimum absolute atomic E-state index is 0.0222. The SMILES string of the molecule is O=C(O)C1CCC(NCc2ccc(OCc3ccc(-c4ccccc4)c(C(F)(F)F)c3)cc2)C1. The first-order valence-electron chi connectivity index (χ1n) is 11.2. The molecule has 0 heterocycles. The molecule has 0 aromatic heterocycles.